The first kappa shape index (κ1) is 19.6. The summed E-state index contributed by atoms with van der Waals surface area (Å²) in [6, 6.07) is 12.1. The molecule has 8 heteroatoms. The number of carbonyl (C=O) groups is 1. The first-order chi connectivity index (χ1) is 13.9. The van der Waals surface area contributed by atoms with Gasteiger partial charge in [0.2, 0.25) is 0 Å². The van der Waals surface area contributed by atoms with Crippen LogP contribution in [0.2, 0.25) is 0 Å². The van der Waals surface area contributed by atoms with Gasteiger partial charge in [-0.2, -0.15) is 0 Å². The Morgan fingerprint density at radius 1 is 1.24 bits per heavy atom. The topological polar surface area (TPSA) is 76.6 Å². The SMILES string of the molecule is CS(=O)(=O)c1ccc2c(c1)CCCN2C(=O)c1cccc(OCc2cscn2)c1. The molecule has 2 aromatic carbocycles. The molecule has 2 heterocycles. The molecule has 150 valence electrons. The molecular formula is C21H20N2O4S2. The summed E-state index contributed by atoms with van der Waals surface area (Å²) in [5.74, 6) is 0.477. The summed E-state index contributed by atoms with van der Waals surface area (Å²) < 4.78 is 29.4. The molecule has 0 unspecified atom stereocenters. The van der Waals surface area contributed by atoms with Crippen molar-refractivity contribution in [1.29, 1.82) is 0 Å². The van der Waals surface area contributed by atoms with Gasteiger partial charge in [0.15, 0.2) is 9.84 Å². The average molecular weight is 429 g/mol. The van der Waals surface area contributed by atoms with E-state index in [4.69, 9.17) is 4.74 Å². The third-order valence-corrected chi connectivity index (χ3v) is 6.54. The van der Waals surface area contributed by atoms with E-state index in [9.17, 15) is 13.2 Å². The molecule has 0 radical (unpaired) electrons. The van der Waals surface area contributed by atoms with E-state index >= 15 is 0 Å². The Morgan fingerprint density at radius 2 is 2.10 bits per heavy atom. The van der Waals surface area contributed by atoms with E-state index in [1.54, 1.807) is 46.8 Å². The van der Waals surface area contributed by atoms with Crippen LogP contribution in [-0.4, -0.2) is 32.1 Å². The van der Waals surface area contributed by atoms with E-state index in [0.29, 0.717) is 24.5 Å². The highest BCUT2D eigenvalue weighted by Crippen LogP contribution is 2.31. The molecule has 0 N–H and O–H groups in total. The van der Waals surface area contributed by atoms with Crippen LogP contribution in [0.3, 0.4) is 0 Å². The minimum Gasteiger partial charge on any atom is -0.487 e. The Hall–Kier alpha value is -2.71. The van der Waals surface area contributed by atoms with E-state index in [-0.39, 0.29) is 10.8 Å². The monoisotopic (exact) mass is 428 g/mol. The van der Waals surface area contributed by atoms with Crippen molar-refractivity contribution >= 4 is 32.8 Å². The van der Waals surface area contributed by atoms with Gasteiger partial charge in [-0.25, -0.2) is 13.4 Å². The molecule has 1 amide bonds. The molecular weight excluding hydrogens is 408 g/mol. The van der Waals surface area contributed by atoms with Crippen LogP contribution in [0.15, 0.2) is 58.3 Å². The molecule has 4 rings (SSSR count). The van der Waals surface area contributed by atoms with Crippen molar-refractivity contribution in [2.75, 3.05) is 17.7 Å². The van der Waals surface area contributed by atoms with Crippen molar-refractivity contribution in [3.8, 4) is 5.75 Å². The number of hydrogen-bond donors (Lipinski definition) is 0. The van der Waals surface area contributed by atoms with Crippen molar-refractivity contribution in [2.45, 2.75) is 24.3 Å². The minimum atomic E-state index is -3.28. The Bertz CT molecular complexity index is 1140. The van der Waals surface area contributed by atoms with E-state index in [2.05, 4.69) is 4.98 Å². The normalized spacial score (nSPS) is 13.8. The van der Waals surface area contributed by atoms with Crippen molar-refractivity contribution in [3.63, 3.8) is 0 Å². The molecule has 0 spiro atoms. The number of thiazole rings is 1. The van der Waals surface area contributed by atoms with Gasteiger partial charge in [0.25, 0.3) is 5.91 Å². The highest BCUT2D eigenvalue weighted by atomic mass is 32.2. The number of anilines is 1. The second-order valence-corrected chi connectivity index (χ2v) is 9.65. The molecule has 1 aliphatic heterocycles. The second-order valence-electron chi connectivity index (χ2n) is 6.92. The Balaban J connectivity index is 1.57. The Kier molecular flexibility index (Phi) is 5.38. The summed E-state index contributed by atoms with van der Waals surface area (Å²) in [6.45, 7) is 0.940. The smallest absolute Gasteiger partial charge is 0.258 e. The lowest BCUT2D eigenvalue weighted by Crippen LogP contribution is -2.35. The van der Waals surface area contributed by atoms with Crippen LogP contribution in [0, 0.1) is 0 Å². The molecule has 6 nitrogen and oxygen atoms in total. The minimum absolute atomic E-state index is 0.128. The lowest BCUT2D eigenvalue weighted by atomic mass is 10.0. The number of ether oxygens (including phenoxy) is 1. The Labute approximate surface area is 173 Å². The zero-order chi connectivity index (χ0) is 20.4. The van der Waals surface area contributed by atoms with Gasteiger partial charge in [-0.1, -0.05) is 6.07 Å². The quantitative estimate of drug-likeness (QED) is 0.619. The predicted octanol–water partition coefficient (Wildman–Crippen LogP) is 3.72. The third kappa shape index (κ3) is 4.33. The van der Waals surface area contributed by atoms with Gasteiger partial charge in [0.05, 0.1) is 16.1 Å². The van der Waals surface area contributed by atoms with Crippen LogP contribution in [0.4, 0.5) is 5.69 Å². The first-order valence-corrected chi connectivity index (χ1v) is 12.0. The van der Waals surface area contributed by atoms with Gasteiger partial charge in [-0.15, -0.1) is 11.3 Å². The zero-order valence-corrected chi connectivity index (χ0v) is 17.5. The summed E-state index contributed by atoms with van der Waals surface area (Å²) in [6.07, 6.45) is 2.73. The van der Waals surface area contributed by atoms with Gasteiger partial charge >= 0.3 is 0 Å². The van der Waals surface area contributed by atoms with Crippen LogP contribution < -0.4 is 9.64 Å². The summed E-state index contributed by atoms with van der Waals surface area (Å²) >= 11 is 1.51. The third-order valence-electron chi connectivity index (χ3n) is 4.79. The van der Waals surface area contributed by atoms with Crippen LogP contribution >= 0.6 is 11.3 Å². The lowest BCUT2D eigenvalue weighted by molar-refractivity contribution is 0.0984. The van der Waals surface area contributed by atoms with Crippen molar-refractivity contribution in [1.82, 2.24) is 4.98 Å². The first-order valence-electron chi connectivity index (χ1n) is 9.16. The number of aromatic nitrogens is 1. The fourth-order valence-electron chi connectivity index (χ4n) is 3.36. The van der Waals surface area contributed by atoms with E-state index < -0.39 is 9.84 Å². The van der Waals surface area contributed by atoms with Crippen LogP contribution in [0.25, 0.3) is 0 Å². The molecule has 1 aromatic heterocycles. The molecule has 0 fully saturated rings. The standard InChI is InChI=1S/C21H20N2O4S2/c1-29(25,26)19-7-8-20-15(11-19)5-3-9-23(20)21(24)16-4-2-6-18(10-16)27-12-17-13-28-14-22-17/h2,4,6-8,10-11,13-14H,3,5,9,12H2,1H3. The molecule has 0 saturated heterocycles. The molecule has 0 saturated carbocycles. The molecule has 3 aromatic rings. The van der Waals surface area contributed by atoms with Gasteiger partial charge in [0.1, 0.15) is 12.4 Å². The summed E-state index contributed by atoms with van der Waals surface area (Å²) in [7, 11) is -3.28. The predicted molar refractivity (Wildman–Crippen MR) is 112 cm³/mol. The van der Waals surface area contributed by atoms with Crippen LogP contribution in [0.1, 0.15) is 28.0 Å². The van der Waals surface area contributed by atoms with Gasteiger partial charge in [-0.05, 0) is 54.8 Å². The molecule has 1 aliphatic rings. The number of aryl methyl sites for hydroxylation is 1. The summed E-state index contributed by atoms with van der Waals surface area (Å²) in [5, 5.41) is 1.92. The van der Waals surface area contributed by atoms with Gasteiger partial charge in [0, 0.05) is 29.4 Å². The summed E-state index contributed by atoms with van der Waals surface area (Å²) in [4.78, 5) is 19.4. The molecule has 29 heavy (non-hydrogen) atoms. The Morgan fingerprint density at radius 3 is 2.86 bits per heavy atom. The fourth-order valence-corrected chi connectivity index (χ4v) is 4.57. The fraction of sp³-hybridized carbons (Fsp3) is 0.238. The number of benzene rings is 2. The number of hydrogen-bond acceptors (Lipinski definition) is 6. The maximum absolute atomic E-state index is 13.2. The van der Waals surface area contributed by atoms with E-state index in [1.807, 2.05) is 11.4 Å². The second kappa shape index (κ2) is 7.96. The largest absolute Gasteiger partial charge is 0.487 e. The maximum atomic E-state index is 13.2. The highest BCUT2D eigenvalue weighted by Gasteiger charge is 2.25. The van der Waals surface area contributed by atoms with E-state index in [1.165, 1.54) is 17.6 Å². The van der Waals surface area contributed by atoms with E-state index in [0.717, 1.165) is 29.8 Å². The van der Waals surface area contributed by atoms with Gasteiger partial charge < -0.3 is 9.64 Å². The summed E-state index contributed by atoms with van der Waals surface area (Å²) in [5.41, 5.74) is 4.77. The molecule has 0 aliphatic carbocycles. The number of sulfone groups is 1. The zero-order valence-electron chi connectivity index (χ0n) is 15.9. The maximum Gasteiger partial charge on any atom is 0.258 e. The highest BCUT2D eigenvalue weighted by molar-refractivity contribution is 7.90. The number of nitrogens with zero attached hydrogens (tertiary/aromatic N) is 2. The molecule has 0 atom stereocenters. The molecule has 0 bridgehead atoms. The van der Waals surface area contributed by atoms with Crippen molar-refractivity contribution in [2.24, 2.45) is 0 Å². The number of carbonyl (C=O) groups excluding carboxylic acids is 1. The number of rotatable bonds is 5. The van der Waals surface area contributed by atoms with Crippen LogP contribution in [-0.2, 0) is 22.9 Å². The van der Waals surface area contributed by atoms with Crippen molar-refractivity contribution < 1.29 is 17.9 Å². The number of fused-ring (bicyclic) bond motifs is 1. The average Bonchev–Trinajstić information content (AvgIpc) is 3.24. The number of amides is 1. The van der Waals surface area contributed by atoms with Crippen LogP contribution in [0.5, 0.6) is 5.75 Å². The van der Waals surface area contributed by atoms with Crippen molar-refractivity contribution in [3.05, 3.63) is 70.2 Å². The lowest BCUT2D eigenvalue weighted by Gasteiger charge is -2.30. The van der Waals surface area contributed by atoms with Gasteiger partial charge in [-0.3, -0.25) is 4.79 Å².